The van der Waals surface area contributed by atoms with Crippen molar-refractivity contribution in [3.8, 4) is 11.5 Å². The van der Waals surface area contributed by atoms with Gasteiger partial charge in [-0.25, -0.2) is 0 Å². The molecule has 0 spiro atoms. The first-order chi connectivity index (χ1) is 15.2. The summed E-state index contributed by atoms with van der Waals surface area (Å²) in [6.07, 6.45) is 5.61. The lowest BCUT2D eigenvalue weighted by Gasteiger charge is -2.38. The first-order valence-corrected chi connectivity index (χ1v) is 11.3. The number of carbonyl (C=O) groups excluding carboxylic acids is 1. The Morgan fingerprint density at radius 1 is 0.839 bits per heavy atom. The molecule has 2 saturated heterocycles. The fourth-order valence-corrected chi connectivity index (χ4v) is 4.77. The quantitative estimate of drug-likeness (QED) is 0.737. The molecule has 7 nitrogen and oxygen atoms in total. The highest BCUT2D eigenvalue weighted by Gasteiger charge is 2.30. The Hall–Kier alpha value is -2.64. The van der Waals surface area contributed by atoms with Crippen molar-refractivity contribution in [1.29, 1.82) is 0 Å². The number of hydrogen-bond donors (Lipinski definition) is 0. The summed E-state index contributed by atoms with van der Waals surface area (Å²) in [6, 6.07) is 10.3. The van der Waals surface area contributed by atoms with Crippen molar-refractivity contribution >= 4 is 5.91 Å². The summed E-state index contributed by atoms with van der Waals surface area (Å²) in [5.41, 5.74) is 2.52. The van der Waals surface area contributed by atoms with Crippen LogP contribution >= 0.6 is 0 Å². The Morgan fingerprint density at radius 3 is 2.29 bits per heavy atom. The zero-order valence-corrected chi connectivity index (χ0v) is 17.9. The maximum Gasteiger partial charge on any atom is 0.231 e. The number of carbonyl (C=O) groups is 1. The zero-order valence-electron chi connectivity index (χ0n) is 17.9. The summed E-state index contributed by atoms with van der Waals surface area (Å²) >= 11 is 0. The first kappa shape index (κ1) is 20.3. The van der Waals surface area contributed by atoms with Gasteiger partial charge in [0, 0.05) is 57.6 Å². The molecule has 1 aromatic carbocycles. The molecule has 0 radical (unpaired) electrons. The Bertz CT molecular complexity index is 891. The van der Waals surface area contributed by atoms with Crippen LogP contribution in [0, 0.1) is 5.92 Å². The van der Waals surface area contributed by atoms with Gasteiger partial charge in [0.1, 0.15) is 0 Å². The Labute approximate surface area is 183 Å². The number of piperidine rings is 1. The third-order valence-corrected chi connectivity index (χ3v) is 6.62. The van der Waals surface area contributed by atoms with Crippen LogP contribution in [0.4, 0.5) is 0 Å². The largest absolute Gasteiger partial charge is 0.454 e. The molecular weight excluding hydrogens is 392 g/mol. The molecule has 0 saturated carbocycles. The van der Waals surface area contributed by atoms with Gasteiger partial charge in [0.25, 0.3) is 0 Å². The maximum absolute atomic E-state index is 13.1. The smallest absolute Gasteiger partial charge is 0.231 e. The fourth-order valence-electron chi connectivity index (χ4n) is 4.77. The van der Waals surface area contributed by atoms with E-state index in [9.17, 15) is 4.79 Å². The van der Waals surface area contributed by atoms with Gasteiger partial charge in [0.05, 0.1) is 0 Å². The van der Waals surface area contributed by atoms with E-state index in [1.54, 1.807) is 0 Å². The summed E-state index contributed by atoms with van der Waals surface area (Å²) in [5.74, 6) is 2.19. The number of aromatic nitrogens is 1. The van der Waals surface area contributed by atoms with E-state index in [0.29, 0.717) is 12.7 Å². The molecular formula is C24H30N4O3. The molecule has 4 heterocycles. The van der Waals surface area contributed by atoms with Gasteiger partial charge in [-0.05, 0) is 61.3 Å². The number of benzene rings is 1. The van der Waals surface area contributed by atoms with Crippen molar-refractivity contribution in [2.24, 2.45) is 5.92 Å². The van der Waals surface area contributed by atoms with Crippen molar-refractivity contribution in [3.05, 3.63) is 53.9 Å². The molecule has 0 aliphatic carbocycles. The monoisotopic (exact) mass is 422 g/mol. The maximum atomic E-state index is 13.1. The molecule has 7 heteroatoms. The van der Waals surface area contributed by atoms with Gasteiger partial charge in [-0.2, -0.15) is 0 Å². The van der Waals surface area contributed by atoms with E-state index in [0.717, 1.165) is 76.7 Å². The molecule has 0 bridgehead atoms. The SMILES string of the molecule is O=C(C1CCN(Cc2ccncc2)CC1)N1CCN(Cc2ccc3c(c2)OCO3)CC1. The molecule has 5 rings (SSSR count). The van der Waals surface area contributed by atoms with Gasteiger partial charge >= 0.3 is 0 Å². The van der Waals surface area contributed by atoms with E-state index in [4.69, 9.17) is 9.47 Å². The average molecular weight is 423 g/mol. The topological polar surface area (TPSA) is 58.1 Å². The third-order valence-electron chi connectivity index (χ3n) is 6.62. The van der Waals surface area contributed by atoms with Crippen LogP contribution in [0.1, 0.15) is 24.0 Å². The molecule has 0 atom stereocenters. The molecule has 2 aromatic rings. The highest BCUT2D eigenvalue weighted by molar-refractivity contribution is 5.79. The highest BCUT2D eigenvalue weighted by Crippen LogP contribution is 2.33. The van der Waals surface area contributed by atoms with E-state index < -0.39 is 0 Å². The lowest BCUT2D eigenvalue weighted by atomic mass is 9.94. The molecule has 164 valence electrons. The Morgan fingerprint density at radius 2 is 1.52 bits per heavy atom. The van der Waals surface area contributed by atoms with Crippen LogP contribution in [-0.2, 0) is 17.9 Å². The van der Waals surface area contributed by atoms with Crippen molar-refractivity contribution < 1.29 is 14.3 Å². The fraction of sp³-hybridized carbons (Fsp3) is 0.500. The van der Waals surface area contributed by atoms with E-state index in [1.165, 1.54) is 11.1 Å². The average Bonchev–Trinajstić information content (AvgIpc) is 3.28. The van der Waals surface area contributed by atoms with Gasteiger partial charge in [0.2, 0.25) is 12.7 Å². The second-order valence-electron chi connectivity index (χ2n) is 8.69. The third kappa shape index (κ3) is 4.83. The lowest BCUT2D eigenvalue weighted by molar-refractivity contribution is -0.139. The number of rotatable bonds is 5. The molecule has 0 unspecified atom stereocenters. The number of amides is 1. The van der Waals surface area contributed by atoms with Crippen LogP contribution in [-0.4, -0.2) is 71.7 Å². The second-order valence-corrected chi connectivity index (χ2v) is 8.69. The van der Waals surface area contributed by atoms with Crippen LogP contribution in [0.15, 0.2) is 42.7 Å². The van der Waals surface area contributed by atoms with Crippen molar-refractivity contribution in [3.63, 3.8) is 0 Å². The highest BCUT2D eigenvalue weighted by atomic mass is 16.7. The van der Waals surface area contributed by atoms with Gasteiger partial charge in [-0.15, -0.1) is 0 Å². The molecule has 1 amide bonds. The zero-order chi connectivity index (χ0) is 21.0. The summed E-state index contributed by atoms with van der Waals surface area (Å²) in [6.45, 7) is 7.59. The van der Waals surface area contributed by atoms with Gasteiger partial charge < -0.3 is 14.4 Å². The Kier molecular flexibility index (Phi) is 6.04. The number of hydrogen-bond acceptors (Lipinski definition) is 6. The summed E-state index contributed by atoms with van der Waals surface area (Å²) in [4.78, 5) is 24.1. The molecule has 3 aliphatic rings. The van der Waals surface area contributed by atoms with Crippen molar-refractivity contribution in [1.82, 2.24) is 19.7 Å². The predicted octanol–water partition coefficient (Wildman–Crippen LogP) is 2.37. The summed E-state index contributed by atoms with van der Waals surface area (Å²) in [7, 11) is 0. The van der Waals surface area contributed by atoms with E-state index in [1.807, 2.05) is 18.5 Å². The van der Waals surface area contributed by atoms with E-state index in [2.05, 4.69) is 43.9 Å². The Balaban J connectivity index is 1.07. The molecule has 1 aromatic heterocycles. The number of likely N-dealkylation sites (tertiary alicyclic amines) is 1. The van der Waals surface area contributed by atoms with Crippen LogP contribution < -0.4 is 9.47 Å². The number of fused-ring (bicyclic) bond motifs is 1. The molecule has 2 fully saturated rings. The van der Waals surface area contributed by atoms with Crippen molar-refractivity contribution in [2.75, 3.05) is 46.1 Å². The number of piperazine rings is 1. The normalized spacial score (nSPS) is 20.2. The second kappa shape index (κ2) is 9.24. The molecule has 3 aliphatic heterocycles. The van der Waals surface area contributed by atoms with Crippen LogP contribution in [0.3, 0.4) is 0 Å². The minimum atomic E-state index is 0.175. The van der Waals surface area contributed by atoms with E-state index >= 15 is 0 Å². The standard InChI is InChI=1S/C24H30N4O3/c29-24(21-5-9-26(10-6-21)16-19-3-7-25-8-4-19)28-13-11-27(12-14-28)17-20-1-2-22-23(15-20)31-18-30-22/h1-4,7-8,15,21H,5-6,9-14,16-18H2. The summed E-state index contributed by atoms with van der Waals surface area (Å²) in [5, 5.41) is 0. The van der Waals surface area contributed by atoms with Gasteiger partial charge in [-0.3, -0.25) is 19.6 Å². The molecule has 0 N–H and O–H groups in total. The minimum Gasteiger partial charge on any atom is -0.454 e. The van der Waals surface area contributed by atoms with E-state index in [-0.39, 0.29) is 5.92 Å². The minimum absolute atomic E-state index is 0.175. The van der Waals surface area contributed by atoms with Crippen molar-refractivity contribution in [2.45, 2.75) is 25.9 Å². The molecule has 31 heavy (non-hydrogen) atoms. The lowest BCUT2D eigenvalue weighted by Crippen LogP contribution is -2.51. The van der Waals surface area contributed by atoms with Gasteiger partial charge in [0.15, 0.2) is 11.5 Å². The summed E-state index contributed by atoms with van der Waals surface area (Å²) < 4.78 is 10.9. The van der Waals surface area contributed by atoms with Crippen LogP contribution in [0.2, 0.25) is 0 Å². The number of ether oxygens (including phenoxy) is 2. The predicted molar refractivity (Wildman–Crippen MR) is 117 cm³/mol. The van der Waals surface area contributed by atoms with Crippen LogP contribution in [0.5, 0.6) is 11.5 Å². The number of pyridine rings is 1. The van der Waals surface area contributed by atoms with Gasteiger partial charge in [-0.1, -0.05) is 6.07 Å². The first-order valence-electron chi connectivity index (χ1n) is 11.3. The number of nitrogens with zero attached hydrogens (tertiary/aromatic N) is 4. The van der Waals surface area contributed by atoms with Crippen LogP contribution in [0.25, 0.3) is 0 Å².